The van der Waals surface area contributed by atoms with E-state index in [-0.39, 0.29) is 5.78 Å². The highest BCUT2D eigenvalue weighted by Gasteiger charge is 2.41. The Morgan fingerprint density at radius 1 is 1.40 bits per heavy atom. The van der Waals surface area contributed by atoms with Gasteiger partial charge in [-0.2, -0.15) is 5.10 Å². The van der Waals surface area contributed by atoms with Crippen LogP contribution < -0.4 is 0 Å². The standard InChI is InChI=1S/C15H24ClN3O/c1-4-8-19-13(12(16)11-17-19)14(20)15(3,5-2)18-9-6-7-10-18/h11H,4-10H2,1-3H3. The lowest BCUT2D eigenvalue weighted by molar-refractivity contribution is 0.0635. The smallest absolute Gasteiger partial charge is 0.202 e. The maximum atomic E-state index is 13.1. The van der Waals surface area contributed by atoms with Gasteiger partial charge in [-0.15, -0.1) is 0 Å². The Kier molecular flexibility index (Phi) is 4.86. The fraction of sp³-hybridized carbons (Fsp3) is 0.733. The molecule has 1 saturated heterocycles. The van der Waals surface area contributed by atoms with Crippen LogP contribution in [0.4, 0.5) is 0 Å². The second-order valence-electron chi connectivity index (χ2n) is 5.71. The number of hydrogen-bond acceptors (Lipinski definition) is 3. The highest BCUT2D eigenvalue weighted by molar-refractivity contribution is 6.34. The SMILES string of the molecule is CCCn1ncc(Cl)c1C(=O)C(C)(CC)N1CCCC1. The number of carbonyl (C=O) groups excluding carboxylic acids is 1. The van der Waals surface area contributed by atoms with E-state index in [1.807, 2.05) is 6.92 Å². The van der Waals surface area contributed by atoms with E-state index in [0.717, 1.165) is 32.5 Å². The van der Waals surface area contributed by atoms with Crippen molar-refractivity contribution in [2.24, 2.45) is 0 Å². The Morgan fingerprint density at radius 3 is 2.60 bits per heavy atom. The second kappa shape index (κ2) is 6.27. The molecule has 1 aromatic rings. The van der Waals surface area contributed by atoms with Crippen LogP contribution in [0, 0.1) is 0 Å². The second-order valence-corrected chi connectivity index (χ2v) is 6.12. The van der Waals surface area contributed by atoms with Gasteiger partial charge in [-0.05, 0) is 45.7 Å². The van der Waals surface area contributed by atoms with Crippen molar-refractivity contribution in [3.05, 3.63) is 16.9 Å². The molecule has 1 unspecified atom stereocenters. The molecule has 2 rings (SSSR count). The zero-order valence-corrected chi connectivity index (χ0v) is 13.4. The van der Waals surface area contributed by atoms with Crippen LogP contribution in [-0.2, 0) is 6.54 Å². The number of hydrogen-bond donors (Lipinski definition) is 0. The van der Waals surface area contributed by atoms with E-state index in [4.69, 9.17) is 11.6 Å². The molecule has 1 aromatic heterocycles. The summed E-state index contributed by atoms with van der Waals surface area (Å²) in [5, 5.41) is 4.72. The van der Waals surface area contributed by atoms with Gasteiger partial charge >= 0.3 is 0 Å². The van der Waals surface area contributed by atoms with Gasteiger partial charge in [0.05, 0.1) is 16.8 Å². The van der Waals surface area contributed by atoms with Gasteiger partial charge in [0.1, 0.15) is 5.69 Å². The lowest BCUT2D eigenvalue weighted by atomic mass is 9.89. The number of nitrogens with zero attached hydrogens (tertiary/aromatic N) is 3. The summed E-state index contributed by atoms with van der Waals surface area (Å²) in [5.74, 6) is 0.109. The third-order valence-electron chi connectivity index (χ3n) is 4.43. The van der Waals surface area contributed by atoms with Crippen molar-refractivity contribution in [2.45, 2.75) is 58.5 Å². The van der Waals surface area contributed by atoms with Crippen LogP contribution in [0.15, 0.2) is 6.20 Å². The predicted molar refractivity (Wildman–Crippen MR) is 81.4 cm³/mol. The molecular formula is C15H24ClN3O. The van der Waals surface area contributed by atoms with Crippen LogP contribution >= 0.6 is 11.6 Å². The Hall–Kier alpha value is -0.870. The van der Waals surface area contributed by atoms with Crippen LogP contribution in [0.25, 0.3) is 0 Å². The van der Waals surface area contributed by atoms with Crippen LogP contribution in [0.3, 0.4) is 0 Å². The van der Waals surface area contributed by atoms with Gasteiger partial charge in [-0.25, -0.2) is 0 Å². The largest absolute Gasteiger partial charge is 0.291 e. The lowest BCUT2D eigenvalue weighted by Crippen LogP contribution is -2.51. The fourth-order valence-electron chi connectivity index (χ4n) is 2.96. The minimum Gasteiger partial charge on any atom is -0.291 e. The van der Waals surface area contributed by atoms with E-state index in [9.17, 15) is 4.79 Å². The van der Waals surface area contributed by atoms with E-state index in [1.165, 1.54) is 12.8 Å². The minimum atomic E-state index is -0.467. The average molecular weight is 298 g/mol. The van der Waals surface area contributed by atoms with E-state index in [2.05, 4.69) is 23.8 Å². The molecule has 112 valence electrons. The fourth-order valence-corrected chi connectivity index (χ4v) is 3.19. The summed E-state index contributed by atoms with van der Waals surface area (Å²) in [6.07, 6.45) is 5.66. The van der Waals surface area contributed by atoms with Gasteiger partial charge in [0.25, 0.3) is 0 Å². The van der Waals surface area contributed by atoms with Crippen molar-refractivity contribution in [1.82, 2.24) is 14.7 Å². The summed E-state index contributed by atoms with van der Waals surface area (Å²) >= 11 is 6.22. The molecule has 0 bridgehead atoms. The number of ketones is 1. The summed E-state index contributed by atoms with van der Waals surface area (Å²) in [5.41, 5.74) is 0.107. The Bertz CT molecular complexity index is 479. The topological polar surface area (TPSA) is 38.1 Å². The van der Waals surface area contributed by atoms with Gasteiger partial charge in [0.2, 0.25) is 5.78 Å². The van der Waals surface area contributed by atoms with Crippen molar-refractivity contribution in [3.8, 4) is 0 Å². The molecule has 1 aliphatic heterocycles. The van der Waals surface area contributed by atoms with Crippen LogP contribution in [0.1, 0.15) is 56.9 Å². The highest BCUT2D eigenvalue weighted by Crippen LogP contribution is 2.30. The molecule has 2 heterocycles. The highest BCUT2D eigenvalue weighted by atomic mass is 35.5. The van der Waals surface area contributed by atoms with Gasteiger partial charge in [-0.3, -0.25) is 14.4 Å². The molecule has 0 saturated carbocycles. The van der Waals surface area contributed by atoms with Gasteiger partial charge in [-0.1, -0.05) is 25.4 Å². The number of aryl methyl sites for hydroxylation is 1. The summed E-state index contributed by atoms with van der Waals surface area (Å²) in [6.45, 7) is 8.91. The average Bonchev–Trinajstić information content (AvgIpc) is 3.08. The van der Waals surface area contributed by atoms with E-state index in [0.29, 0.717) is 10.7 Å². The molecule has 5 heteroatoms. The van der Waals surface area contributed by atoms with Crippen LogP contribution in [0.2, 0.25) is 5.02 Å². The summed E-state index contributed by atoms with van der Waals surface area (Å²) in [4.78, 5) is 15.4. The molecule has 1 atom stereocenters. The zero-order valence-electron chi connectivity index (χ0n) is 12.7. The predicted octanol–water partition coefficient (Wildman–Crippen LogP) is 3.39. The summed E-state index contributed by atoms with van der Waals surface area (Å²) in [7, 11) is 0. The van der Waals surface area contributed by atoms with Crippen molar-refractivity contribution in [2.75, 3.05) is 13.1 Å². The van der Waals surface area contributed by atoms with Crippen LogP contribution in [0.5, 0.6) is 0 Å². The van der Waals surface area contributed by atoms with E-state index in [1.54, 1.807) is 10.9 Å². The number of halogens is 1. The molecule has 20 heavy (non-hydrogen) atoms. The minimum absolute atomic E-state index is 0.109. The molecule has 0 amide bonds. The Labute approximate surface area is 126 Å². The Morgan fingerprint density at radius 2 is 2.05 bits per heavy atom. The van der Waals surface area contributed by atoms with E-state index < -0.39 is 5.54 Å². The van der Waals surface area contributed by atoms with Crippen molar-refractivity contribution < 1.29 is 4.79 Å². The molecule has 1 aliphatic rings. The molecule has 0 aromatic carbocycles. The first kappa shape index (κ1) is 15.5. The number of likely N-dealkylation sites (tertiary alicyclic amines) is 1. The van der Waals surface area contributed by atoms with Crippen molar-refractivity contribution in [1.29, 1.82) is 0 Å². The van der Waals surface area contributed by atoms with Crippen LogP contribution in [-0.4, -0.2) is 39.1 Å². The first-order valence-electron chi connectivity index (χ1n) is 7.55. The number of Topliss-reactive ketones (excluding diaryl/α,β-unsaturated/α-hetero) is 1. The molecule has 0 radical (unpaired) electrons. The van der Waals surface area contributed by atoms with E-state index >= 15 is 0 Å². The first-order valence-corrected chi connectivity index (χ1v) is 7.93. The van der Waals surface area contributed by atoms with Gasteiger partial charge in [0, 0.05) is 6.54 Å². The third-order valence-corrected chi connectivity index (χ3v) is 4.70. The summed E-state index contributed by atoms with van der Waals surface area (Å²) < 4.78 is 1.76. The first-order chi connectivity index (χ1) is 9.54. The normalized spacial score (nSPS) is 19.2. The Balaban J connectivity index is 2.35. The molecular weight excluding hydrogens is 274 g/mol. The molecule has 1 fully saturated rings. The molecule has 0 aliphatic carbocycles. The number of carbonyl (C=O) groups is 1. The maximum absolute atomic E-state index is 13.1. The van der Waals surface area contributed by atoms with Gasteiger partial charge < -0.3 is 0 Å². The quantitative estimate of drug-likeness (QED) is 0.755. The zero-order chi connectivity index (χ0) is 14.8. The maximum Gasteiger partial charge on any atom is 0.202 e. The summed E-state index contributed by atoms with van der Waals surface area (Å²) in [6, 6.07) is 0. The number of rotatable bonds is 6. The molecule has 0 N–H and O–H groups in total. The molecule has 4 nitrogen and oxygen atoms in total. The van der Waals surface area contributed by atoms with Crippen molar-refractivity contribution in [3.63, 3.8) is 0 Å². The molecule has 0 spiro atoms. The monoisotopic (exact) mass is 297 g/mol. The number of aromatic nitrogens is 2. The van der Waals surface area contributed by atoms with Gasteiger partial charge in [0.15, 0.2) is 0 Å². The third kappa shape index (κ3) is 2.63. The lowest BCUT2D eigenvalue weighted by Gasteiger charge is -2.36. The van der Waals surface area contributed by atoms with Crippen molar-refractivity contribution >= 4 is 17.4 Å².